The van der Waals surface area contributed by atoms with Gasteiger partial charge in [-0.2, -0.15) is 0 Å². The highest BCUT2D eigenvalue weighted by atomic mass is 16.3. The number of rotatable bonds is 7. The minimum atomic E-state index is -0.268. The van der Waals surface area contributed by atoms with Gasteiger partial charge >= 0.3 is 6.01 Å². The summed E-state index contributed by atoms with van der Waals surface area (Å²) < 4.78 is 1.48. The van der Waals surface area contributed by atoms with Crippen LogP contribution in [0.2, 0.25) is 0 Å². The molecule has 3 rings (SSSR count). The van der Waals surface area contributed by atoms with Gasteiger partial charge in [-0.3, -0.25) is 4.90 Å². The summed E-state index contributed by atoms with van der Waals surface area (Å²) in [6.07, 6.45) is 0. The van der Waals surface area contributed by atoms with Crippen LogP contribution < -0.4 is 0 Å². The van der Waals surface area contributed by atoms with Gasteiger partial charge in [-0.1, -0.05) is 44.9 Å². The van der Waals surface area contributed by atoms with Crippen molar-refractivity contribution < 1.29 is 15.3 Å². The molecule has 2 aromatic carbocycles. The number of hydrogen-bond acceptors (Lipinski definition) is 6. The molecule has 0 amide bonds. The highest BCUT2D eigenvalue weighted by Crippen LogP contribution is 2.38. The molecule has 0 saturated heterocycles. The Morgan fingerprint density at radius 3 is 2.17 bits per heavy atom. The van der Waals surface area contributed by atoms with Crippen molar-refractivity contribution in [3.05, 3.63) is 47.5 Å². The number of phenols is 2. The van der Waals surface area contributed by atoms with Crippen molar-refractivity contribution in [2.45, 2.75) is 40.2 Å². The SMILES string of the molecule is CCN(CC)Cc1ccc(-n2c(O)nnc2-c2cc(C(C)C)c(O)cc2O)cc1. The van der Waals surface area contributed by atoms with Gasteiger partial charge in [-0.05, 0) is 48.3 Å². The normalized spacial score (nSPS) is 11.5. The zero-order valence-electron chi connectivity index (χ0n) is 17.3. The molecule has 1 aromatic heterocycles. The van der Waals surface area contributed by atoms with Gasteiger partial charge in [0.1, 0.15) is 11.5 Å². The Kier molecular flexibility index (Phi) is 6.08. The third-order valence-corrected chi connectivity index (χ3v) is 5.15. The fourth-order valence-electron chi connectivity index (χ4n) is 3.38. The molecule has 0 spiro atoms. The lowest BCUT2D eigenvalue weighted by Crippen LogP contribution is -2.22. The molecule has 0 atom stereocenters. The predicted molar refractivity (Wildman–Crippen MR) is 113 cm³/mol. The molecule has 0 aliphatic carbocycles. The Bertz CT molecular complexity index is 976. The van der Waals surface area contributed by atoms with Crippen LogP contribution in [-0.2, 0) is 6.54 Å². The fraction of sp³-hybridized carbons (Fsp3) is 0.364. The van der Waals surface area contributed by atoms with Crippen molar-refractivity contribution in [1.82, 2.24) is 19.7 Å². The standard InChI is InChI=1S/C22H28N4O3/c1-5-25(6-2)13-15-7-9-16(10-8-15)26-21(23-24-22(26)29)18-11-17(14(3)4)19(27)12-20(18)28/h7-12,14,27-28H,5-6,13H2,1-4H3,(H,24,29). The van der Waals surface area contributed by atoms with Crippen molar-refractivity contribution >= 4 is 0 Å². The Labute approximate surface area is 170 Å². The van der Waals surface area contributed by atoms with E-state index in [-0.39, 0.29) is 23.4 Å². The van der Waals surface area contributed by atoms with Gasteiger partial charge in [0.2, 0.25) is 0 Å². The molecule has 0 bridgehead atoms. The third-order valence-electron chi connectivity index (χ3n) is 5.15. The second-order valence-corrected chi connectivity index (χ2v) is 7.37. The first-order valence-electron chi connectivity index (χ1n) is 9.87. The van der Waals surface area contributed by atoms with Gasteiger partial charge in [0.05, 0.1) is 11.3 Å². The number of hydrogen-bond donors (Lipinski definition) is 3. The van der Waals surface area contributed by atoms with E-state index in [0.717, 1.165) is 19.6 Å². The van der Waals surface area contributed by atoms with E-state index in [9.17, 15) is 15.3 Å². The minimum absolute atomic E-state index is 0.0253. The molecule has 29 heavy (non-hydrogen) atoms. The van der Waals surface area contributed by atoms with E-state index in [2.05, 4.69) is 28.9 Å². The van der Waals surface area contributed by atoms with E-state index < -0.39 is 0 Å². The largest absolute Gasteiger partial charge is 0.508 e. The van der Waals surface area contributed by atoms with E-state index in [4.69, 9.17) is 0 Å². The first-order valence-corrected chi connectivity index (χ1v) is 9.87. The van der Waals surface area contributed by atoms with Crippen molar-refractivity contribution in [2.24, 2.45) is 0 Å². The summed E-state index contributed by atoms with van der Waals surface area (Å²) in [5.41, 5.74) is 2.93. The third kappa shape index (κ3) is 4.19. The van der Waals surface area contributed by atoms with Crippen LogP contribution in [0.4, 0.5) is 0 Å². The molecule has 0 unspecified atom stereocenters. The molecular weight excluding hydrogens is 368 g/mol. The zero-order valence-corrected chi connectivity index (χ0v) is 17.3. The van der Waals surface area contributed by atoms with E-state index >= 15 is 0 Å². The summed E-state index contributed by atoms with van der Waals surface area (Å²) in [5.74, 6) is 0.257. The molecule has 3 aromatic rings. The molecular formula is C22H28N4O3. The molecule has 1 heterocycles. The van der Waals surface area contributed by atoms with Gasteiger partial charge in [-0.25, -0.2) is 4.57 Å². The number of aromatic hydroxyl groups is 3. The summed E-state index contributed by atoms with van der Waals surface area (Å²) >= 11 is 0. The van der Waals surface area contributed by atoms with Crippen molar-refractivity contribution in [3.63, 3.8) is 0 Å². The smallest absolute Gasteiger partial charge is 0.319 e. The number of benzene rings is 2. The minimum Gasteiger partial charge on any atom is -0.508 e. The molecule has 154 valence electrons. The van der Waals surface area contributed by atoms with Gasteiger partial charge in [0.15, 0.2) is 5.82 Å². The van der Waals surface area contributed by atoms with Crippen molar-refractivity contribution in [3.8, 4) is 34.6 Å². The molecule has 0 aliphatic rings. The number of nitrogens with zero attached hydrogens (tertiary/aromatic N) is 4. The van der Waals surface area contributed by atoms with Crippen molar-refractivity contribution in [2.75, 3.05) is 13.1 Å². The van der Waals surface area contributed by atoms with Crippen LogP contribution in [0.5, 0.6) is 17.5 Å². The highest BCUT2D eigenvalue weighted by molar-refractivity contribution is 5.69. The van der Waals surface area contributed by atoms with Crippen LogP contribution in [0, 0.1) is 0 Å². The maximum Gasteiger partial charge on any atom is 0.319 e. The van der Waals surface area contributed by atoms with Crippen LogP contribution in [0.15, 0.2) is 36.4 Å². The van der Waals surface area contributed by atoms with Crippen molar-refractivity contribution in [1.29, 1.82) is 0 Å². The van der Waals surface area contributed by atoms with E-state index in [1.807, 2.05) is 38.1 Å². The monoisotopic (exact) mass is 396 g/mol. The Morgan fingerprint density at radius 2 is 1.59 bits per heavy atom. The van der Waals surface area contributed by atoms with Gasteiger partial charge in [0.25, 0.3) is 0 Å². The summed E-state index contributed by atoms with van der Waals surface area (Å²) in [7, 11) is 0. The summed E-state index contributed by atoms with van der Waals surface area (Å²) in [6.45, 7) is 11.0. The number of aromatic nitrogens is 3. The fourth-order valence-corrected chi connectivity index (χ4v) is 3.38. The Morgan fingerprint density at radius 1 is 0.931 bits per heavy atom. The predicted octanol–water partition coefficient (Wildman–Crippen LogP) is 4.02. The molecule has 0 radical (unpaired) electrons. The topological polar surface area (TPSA) is 94.6 Å². The summed E-state index contributed by atoms with van der Waals surface area (Å²) in [4.78, 5) is 2.32. The van der Waals surface area contributed by atoms with E-state index in [1.54, 1.807) is 6.07 Å². The maximum atomic E-state index is 10.4. The van der Waals surface area contributed by atoms with Gasteiger partial charge in [0, 0.05) is 12.6 Å². The lowest BCUT2D eigenvalue weighted by atomic mass is 9.98. The van der Waals surface area contributed by atoms with E-state index in [1.165, 1.54) is 16.2 Å². The molecule has 0 saturated carbocycles. The van der Waals surface area contributed by atoms with Gasteiger partial charge < -0.3 is 15.3 Å². The summed E-state index contributed by atoms with van der Waals surface area (Å²) in [6, 6.07) is 10.5. The second-order valence-electron chi connectivity index (χ2n) is 7.37. The maximum absolute atomic E-state index is 10.4. The first-order chi connectivity index (χ1) is 13.8. The van der Waals surface area contributed by atoms with Crippen LogP contribution in [0.25, 0.3) is 17.1 Å². The lowest BCUT2D eigenvalue weighted by molar-refractivity contribution is 0.296. The van der Waals surface area contributed by atoms with Crippen LogP contribution in [0.1, 0.15) is 44.7 Å². The first kappa shape index (κ1) is 20.7. The molecule has 7 nitrogen and oxygen atoms in total. The average molecular weight is 396 g/mol. The zero-order chi connectivity index (χ0) is 21.1. The highest BCUT2D eigenvalue weighted by Gasteiger charge is 2.20. The molecule has 7 heteroatoms. The molecule has 0 fully saturated rings. The number of phenolic OH excluding ortho intramolecular Hbond substituents is 2. The van der Waals surface area contributed by atoms with E-state index in [0.29, 0.717) is 22.6 Å². The molecule has 3 N–H and O–H groups in total. The molecule has 0 aliphatic heterocycles. The quantitative estimate of drug-likeness (QED) is 0.558. The summed E-state index contributed by atoms with van der Waals surface area (Å²) in [5, 5.41) is 38.7. The second kappa shape index (κ2) is 8.53. The van der Waals surface area contributed by atoms with Gasteiger partial charge in [-0.15, -0.1) is 5.10 Å². The van der Waals surface area contributed by atoms with Crippen LogP contribution in [0.3, 0.4) is 0 Å². The average Bonchev–Trinajstić information content (AvgIpc) is 3.07. The Balaban J connectivity index is 2.02. The van der Waals surface area contributed by atoms with Crippen LogP contribution in [-0.4, -0.2) is 48.1 Å². The van der Waals surface area contributed by atoms with Crippen LogP contribution >= 0.6 is 0 Å². The Hall–Kier alpha value is -3.06. The lowest BCUT2D eigenvalue weighted by Gasteiger charge is -2.18.